The molecule has 0 aliphatic heterocycles. The van der Waals surface area contributed by atoms with Crippen LogP contribution in [0.3, 0.4) is 0 Å². The molecule has 0 amide bonds. The quantitative estimate of drug-likeness (QED) is 0.781. The van der Waals surface area contributed by atoms with E-state index in [0.717, 1.165) is 5.75 Å². The van der Waals surface area contributed by atoms with E-state index in [1.807, 2.05) is 13.0 Å². The Morgan fingerprint density at radius 3 is 2.65 bits per heavy atom. The number of aryl methyl sites for hydroxylation is 1. The van der Waals surface area contributed by atoms with Gasteiger partial charge in [0.1, 0.15) is 11.7 Å². The number of nitrogens with zero attached hydrogens (tertiary/aromatic N) is 3. The van der Waals surface area contributed by atoms with E-state index in [2.05, 4.69) is 5.10 Å². The first-order valence-corrected chi connectivity index (χ1v) is 6.31. The second kappa shape index (κ2) is 6.02. The lowest BCUT2D eigenvalue weighted by Crippen LogP contribution is -2.10. The Kier molecular flexibility index (Phi) is 4.16. The number of ether oxygens (including phenoxy) is 1. The van der Waals surface area contributed by atoms with Crippen LogP contribution >= 0.6 is 0 Å². The average molecular weight is 269 g/mol. The predicted molar refractivity (Wildman–Crippen MR) is 73.5 cm³/mol. The van der Waals surface area contributed by atoms with Crippen LogP contribution in [-0.4, -0.2) is 22.2 Å². The van der Waals surface area contributed by atoms with Crippen molar-refractivity contribution in [2.45, 2.75) is 12.8 Å². The number of hydrogen-bond acceptors (Lipinski definition) is 4. The topological polar surface area (TPSA) is 67.9 Å². The molecule has 0 radical (unpaired) electrons. The third-order valence-electron chi connectivity index (χ3n) is 2.91. The van der Waals surface area contributed by atoms with Crippen LogP contribution < -0.4 is 4.74 Å². The maximum absolute atomic E-state index is 12.3. The summed E-state index contributed by atoms with van der Waals surface area (Å²) in [5, 5.41) is 13.2. The van der Waals surface area contributed by atoms with Crippen LogP contribution in [0, 0.1) is 11.3 Å². The second-order valence-corrected chi connectivity index (χ2v) is 4.33. The maximum atomic E-state index is 12.3. The van der Waals surface area contributed by atoms with Gasteiger partial charge < -0.3 is 4.74 Å². The van der Waals surface area contributed by atoms with Gasteiger partial charge in [0.2, 0.25) is 0 Å². The van der Waals surface area contributed by atoms with Gasteiger partial charge in [0.25, 0.3) is 0 Å². The highest BCUT2D eigenvalue weighted by Gasteiger charge is 2.22. The third-order valence-corrected chi connectivity index (χ3v) is 2.91. The molecule has 1 aromatic heterocycles. The molecule has 0 bridgehead atoms. The lowest BCUT2D eigenvalue weighted by Gasteiger charge is -2.08. The van der Waals surface area contributed by atoms with E-state index in [1.165, 1.54) is 6.20 Å². The van der Waals surface area contributed by atoms with Gasteiger partial charge in [-0.05, 0) is 24.6 Å². The number of hydrogen-bond donors (Lipinski definition) is 0. The Bertz CT molecular complexity index is 638. The molecule has 2 aromatic rings. The van der Waals surface area contributed by atoms with Crippen LogP contribution in [0.5, 0.6) is 5.75 Å². The highest BCUT2D eigenvalue weighted by Crippen LogP contribution is 2.22. The molecule has 0 aliphatic rings. The summed E-state index contributed by atoms with van der Waals surface area (Å²) in [6.45, 7) is 2.48. The largest absolute Gasteiger partial charge is 0.494 e. The number of Topliss-reactive ketones (excluding diaryl/α,β-unsaturated/α-hetero) is 1. The zero-order chi connectivity index (χ0) is 14.5. The molecule has 1 unspecified atom stereocenters. The van der Waals surface area contributed by atoms with Crippen LogP contribution in [0.1, 0.15) is 28.8 Å². The molecule has 0 spiro atoms. The molecule has 102 valence electrons. The molecule has 0 aliphatic carbocycles. The summed E-state index contributed by atoms with van der Waals surface area (Å²) >= 11 is 0. The molecule has 0 saturated heterocycles. The van der Waals surface area contributed by atoms with Crippen LogP contribution in [0.4, 0.5) is 0 Å². The van der Waals surface area contributed by atoms with Gasteiger partial charge in [0, 0.05) is 13.2 Å². The number of ketones is 1. The Balaban J connectivity index is 2.24. The molecular weight excluding hydrogens is 254 g/mol. The highest BCUT2D eigenvalue weighted by molar-refractivity contribution is 6.02. The summed E-state index contributed by atoms with van der Waals surface area (Å²) in [7, 11) is 1.73. The zero-order valence-electron chi connectivity index (χ0n) is 11.4. The summed E-state index contributed by atoms with van der Waals surface area (Å²) < 4.78 is 6.88. The van der Waals surface area contributed by atoms with Crippen molar-refractivity contribution in [3.8, 4) is 11.8 Å². The van der Waals surface area contributed by atoms with Crippen molar-refractivity contribution in [2.24, 2.45) is 7.05 Å². The van der Waals surface area contributed by atoms with E-state index in [0.29, 0.717) is 17.7 Å². The molecule has 1 atom stereocenters. The second-order valence-electron chi connectivity index (χ2n) is 4.33. The third kappa shape index (κ3) is 2.86. The van der Waals surface area contributed by atoms with Crippen molar-refractivity contribution in [3.05, 3.63) is 47.8 Å². The van der Waals surface area contributed by atoms with Gasteiger partial charge in [-0.1, -0.05) is 12.1 Å². The Hall–Kier alpha value is -2.61. The van der Waals surface area contributed by atoms with Gasteiger partial charge in [0.05, 0.1) is 24.4 Å². The summed E-state index contributed by atoms with van der Waals surface area (Å²) in [5.74, 6) is -0.346. The predicted octanol–water partition coefficient (Wildman–Crippen LogP) is 2.31. The first-order chi connectivity index (χ1) is 9.65. The van der Waals surface area contributed by atoms with E-state index in [-0.39, 0.29) is 5.78 Å². The van der Waals surface area contributed by atoms with Crippen LogP contribution in [-0.2, 0) is 7.05 Å². The minimum atomic E-state index is -0.824. The molecule has 2 rings (SSSR count). The van der Waals surface area contributed by atoms with E-state index in [1.54, 1.807) is 42.2 Å². The average Bonchev–Trinajstić information content (AvgIpc) is 2.88. The Morgan fingerprint density at radius 1 is 1.45 bits per heavy atom. The van der Waals surface area contributed by atoms with Gasteiger partial charge in [-0.2, -0.15) is 10.4 Å². The highest BCUT2D eigenvalue weighted by atomic mass is 16.5. The normalized spacial score (nSPS) is 11.7. The fourth-order valence-electron chi connectivity index (χ4n) is 1.92. The summed E-state index contributed by atoms with van der Waals surface area (Å²) in [5.41, 5.74) is 1.10. The SMILES string of the molecule is CCOc1ccc(C(C#N)C(=O)c2cnn(C)c2)cc1. The van der Waals surface area contributed by atoms with Crippen molar-refractivity contribution in [1.29, 1.82) is 5.26 Å². The van der Waals surface area contributed by atoms with Crippen LogP contribution in [0.2, 0.25) is 0 Å². The number of nitriles is 1. The number of aromatic nitrogens is 2. The maximum Gasteiger partial charge on any atom is 0.187 e. The molecule has 0 N–H and O–H groups in total. The minimum Gasteiger partial charge on any atom is -0.494 e. The number of rotatable bonds is 5. The van der Waals surface area contributed by atoms with Gasteiger partial charge in [-0.15, -0.1) is 0 Å². The van der Waals surface area contributed by atoms with Gasteiger partial charge >= 0.3 is 0 Å². The molecule has 0 saturated carbocycles. The fraction of sp³-hybridized carbons (Fsp3) is 0.267. The molecule has 1 aromatic carbocycles. The zero-order valence-corrected chi connectivity index (χ0v) is 11.4. The van der Waals surface area contributed by atoms with Gasteiger partial charge in [0.15, 0.2) is 5.78 Å². The number of carbonyl (C=O) groups excluding carboxylic acids is 1. The molecular formula is C15H15N3O2. The Morgan fingerprint density at radius 2 is 2.15 bits per heavy atom. The molecule has 20 heavy (non-hydrogen) atoms. The van der Waals surface area contributed by atoms with Crippen molar-refractivity contribution < 1.29 is 9.53 Å². The smallest absolute Gasteiger partial charge is 0.187 e. The number of carbonyl (C=O) groups is 1. The van der Waals surface area contributed by atoms with Crippen molar-refractivity contribution in [2.75, 3.05) is 6.61 Å². The lowest BCUT2D eigenvalue weighted by molar-refractivity contribution is 0.0978. The standard InChI is InChI=1S/C15H15N3O2/c1-3-20-13-6-4-11(5-7-13)14(8-16)15(19)12-9-17-18(2)10-12/h4-7,9-10,14H,3H2,1-2H3. The van der Waals surface area contributed by atoms with Gasteiger partial charge in [-0.3, -0.25) is 9.48 Å². The van der Waals surface area contributed by atoms with Gasteiger partial charge in [-0.25, -0.2) is 0 Å². The molecule has 1 heterocycles. The summed E-state index contributed by atoms with van der Waals surface area (Å²) in [6, 6.07) is 9.06. The van der Waals surface area contributed by atoms with Crippen molar-refractivity contribution in [1.82, 2.24) is 9.78 Å². The molecule has 5 heteroatoms. The monoisotopic (exact) mass is 269 g/mol. The fourth-order valence-corrected chi connectivity index (χ4v) is 1.92. The van der Waals surface area contributed by atoms with Crippen molar-refractivity contribution >= 4 is 5.78 Å². The molecule has 0 fully saturated rings. The van der Waals surface area contributed by atoms with Crippen molar-refractivity contribution in [3.63, 3.8) is 0 Å². The summed E-state index contributed by atoms with van der Waals surface area (Å²) in [4.78, 5) is 12.3. The van der Waals surface area contributed by atoms with E-state index < -0.39 is 5.92 Å². The van der Waals surface area contributed by atoms with Crippen LogP contribution in [0.25, 0.3) is 0 Å². The molecule has 5 nitrogen and oxygen atoms in total. The van der Waals surface area contributed by atoms with E-state index in [9.17, 15) is 10.1 Å². The lowest BCUT2D eigenvalue weighted by atomic mass is 9.93. The summed E-state index contributed by atoms with van der Waals surface area (Å²) in [6.07, 6.45) is 3.09. The van der Waals surface area contributed by atoms with Crippen LogP contribution in [0.15, 0.2) is 36.7 Å². The van der Waals surface area contributed by atoms with E-state index >= 15 is 0 Å². The Labute approximate surface area is 117 Å². The first-order valence-electron chi connectivity index (χ1n) is 6.31. The van der Waals surface area contributed by atoms with E-state index in [4.69, 9.17) is 4.74 Å². The first kappa shape index (κ1) is 13.8. The number of benzene rings is 1. The minimum absolute atomic E-state index is 0.246.